The molecule has 0 atom stereocenters. The van der Waals surface area contributed by atoms with Gasteiger partial charge in [0.15, 0.2) is 0 Å². The number of carboxylic acid groups (broad SMARTS) is 1. The minimum absolute atomic E-state index is 0.0653. The Labute approximate surface area is 130 Å². The van der Waals surface area contributed by atoms with Crippen molar-refractivity contribution in [2.24, 2.45) is 0 Å². The van der Waals surface area contributed by atoms with Crippen molar-refractivity contribution in [2.75, 3.05) is 7.05 Å². The van der Waals surface area contributed by atoms with E-state index >= 15 is 0 Å². The van der Waals surface area contributed by atoms with Crippen LogP contribution in [0.4, 0.5) is 0 Å². The minimum Gasteiger partial charge on any atom is -0.475 e. The van der Waals surface area contributed by atoms with Gasteiger partial charge in [-0.25, -0.2) is 13.2 Å². The maximum atomic E-state index is 12.4. The largest absolute Gasteiger partial charge is 0.475 e. The van der Waals surface area contributed by atoms with Crippen molar-refractivity contribution in [1.29, 1.82) is 0 Å². The average molecular weight is 350 g/mol. The summed E-state index contributed by atoms with van der Waals surface area (Å²) >= 11 is 6.87. The number of nitrogens with zero attached hydrogens (tertiary/aromatic N) is 1. The van der Waals surface area contributed by atoms with E-state index in [1.165, 1.54) is 25.2 Å². The summed E-state index contributed by atoms with van der Waals surface area (Å²) in [4.78, 5) is 10.7. The molecular formula is C12H12ClNO5S2. The van der Waals surface area contributed by atoms with Crippen LogP contribution >= 0.6 is 22.9 Å². The van der Waals surface area contributed by atoms with Crippen LogP contribution in [0.5, 0.6) is 0 Å². The molecule has 2 rings (SSSR count). The summed E-state index contributed by atoms with van der Waals surface area (Å²) in [7, 11) is -2.30. The summed E-state index contributed by atoms with van der Waals surface area (Å²) in [5.74, 6) is -1.18. The maximum Gasteiger partial charge on any atom is 0.371 e. The molecule has 0 aliphatic rings. The van der Waals surface area contributed by atoms with E-state index in [0.29, 0.717) is 9.90 Å². The molecule has 0 fully saturated rings. The summed E-state index contributed by atoms with van der Waals surface area (Å²) in [6, 6.07) is 4.22. The third kappa shape index (κ3) is 3.29. The highest BCUT2D eigenvalue weighted by Gasteiger charge is 2.25. The maximum absolute atomic E-state index is 12.4. The van der Waals surface area contributed by atoms with E-state index in [0.717, 1.165) is 15.6 Å². The first-order valence-corrected chi connectivity index (χ1v) is 8.39. The Morgan fingerprint density at radius 2 is 2.14 bits per heavy atom. The summed E-state index contributed by atoms with van der Waals surface area (Å²) in [5.41, 5.74) is 0.694. The summed E-state index contributed by atoms with van der Waals surface area (Å²) < 4.78 is 31.4. The fraction of sp³-hybridized carbons (Fsp3) is 0.250. The smallest absolute Gasteiger partial charge is 0.371 e. The highest BCUT2D eigenvalue weighted by Crippen LogP contribution is 2.32. The Morgan fingerprint density at radius 3 is 2.62 bits per heavy atom. The fourth-order valence-electron chi connectivity index (χ4n) is 1.59. The predicted octanol–water partition coefficient (Wildman–Crippen LogP) is 2.82. The van der Waals surface area contributed by atoms with Gasteiger partial charge >= 0.3 is 5.97 Å². The molecule has 6 nitrogen and oxygen atoms in total. The SMILES string of the molecule is Cc1cc(S(=O)(=O)N(C)Cc2ccc(C(=O)O)o2)sc1Cl. The average Bonchev–Trinajstić information content (AvgIpc) is 2.98. The zero-order valence-corrected chi connectivity index (χ0v) is 13.5. The van der Waals surface area contributed by atoms with Crippen molar-refractivity contribution in [1.82, 2.24) is 4.31 Å². The minimum atomic E-state index is -3.69. The van der Waals surface area contributed by atoms with E-state index < -0.39 is 16.0 Å². The topological polar surface area (TPSA) is 87.8 Å². The third-order valence-corrected chi connectivity index (χ3v) is 6.56. The first-order chi connectivity index (χ1) is 9.71. The number of carboxylic acids is 1. The Balaban J connectivity index is 2.21. The molecule has 0 bridgehead atoms. The van der Waals surface area contributed by atoms with Crippen molar-refractivity contribution < 1.29 is 22.7 Å². The first kappa shape index (κ1) is 16.0. The Bertz CT molecular complexity index is 758. The molecule has 2 aromatic heterocycles. The molecule has 0 aliphatic carbocycles. The lowest BCUT2D eigenvalue weighted by Gasteiger charge is -2.14. The van der Waals surface area contributed by atoms with E-state index in [9.17, 15) is 13.2 Å². The van der Waals surface area contributed by atoms with Gasteiger partial charge in [0.05, 0.1) is 10.9 Å². The van der Waals surface area contributed by atoms with Gasteiger partial charge < -0.3 is 9.52 Å². The van der Waals surface area contributed by atoms with Gasteiger partial charge in [-0.1, -0.05) is 11.6 Å². The molecule has 2 heterocycles. The second-order valence-corrected chi connectivity index (χ2v) is 8.28. The Kier molecular flexibility index (Phi) is 4.43. The lowest BCUT2D eigenvalue weighted by Crippen LogP contribution is -2.25. The van der Waals surface area contributed by atoms with Gasteiger partial charge in [-0.05, 0) is 30.7 Å². The molecule has 2 aromatic rings. The number of aromatic carboxylic acids is 1. The second kappa shape index (κ2) is 5.80. The van der Waals surface area contributed by atoms with Gasteiger partial charge in [-0.3, -0.25) is 0 Å². The van der Waals surface area contributed by atoms with Crippen molar-refractivity contribution in [3.8, 4) is 0 Å². The molecule has 0 aromatic carbocycles. The molecule has 0 saturated carbocycles. The van der Waals surface area contributed by atoms with E-state index in [4.69, 9.17) is 21.1 Å². The van der Waals surface area contributed by atoms with Crippen molar-refractivity contribution in [3.05, 3.63) is 39.6 Å². The highest BCUT2D eigenvalue weighted by molar-refractivity contribution is 7.91. The van der Waals surface area contributed by atoms with E-state index in [1.54, 1.807) is 6.92 Å². The van der Waals surface area contributed by atoms with Gasteiger partial charge in [-0.15, -0.1) is 11.3 Å². The molecule has 0 aliphatic heterocycles. The lowest BCUT2D eigenvalue weighted by atomic mass is 10.4. The van der Waals surface area contributed by atoms with Gasteiger partial charge in [0.1, 0.15) is 9.97 Å². The van der Waals surface area contributed by atoms with Crippen LogP contribution in [-0.4, -0.2) is 30.8 Å². The number of furan rings is 1. The van der Waals surface area contributed by atoms with Gasteiger partial charge in [-0.2, -0.15) is 4.31 Å². The van der Waals surface area contributed by atoms with Gasteiger partial charge in [0.2, 0.25) is 5.76 Å². The number of aryl methyl sites for hydroxylation is 1. The van der Waals surface area contributed by atoms with E-state index in [-0.39, 0.29) is 22.3 Å². The summed E-state index contributed by atoms with van der Waals surface area (Å²) in [6.07, 6.45) is 0. The van der Waals surface area contributed by atoms with Crippen molar-refractivity contribution >= 4 is 38.9 Å². The predicted molar refractivity (Wildman–Crippen MR) is 78.4 cm³/mol. The van der Waals surface area contributed by atoms with Crippen LogP contribution in [0.2, 0.25) is 4.34 Å². The Morgan fingerprint density at radius 1 is 1.48 bits per heavy atom. The van der Waals surface area contributed by atoms with Crippen molar-refractivity contribution in [3.63, 3.8) is 0 Å². The van der Waals surface area contributed by atoms with Crippen LogP contribution in [0.1, 0.15) is 21.9 Å². The molecule has 21 heavy (non-hydrogen) atoms. The highest BCUT2D eigenvalue weighted by atomic mass is 35.5. The molecule has 0 radical (unpaired) electrons. The number of halogens is 1. The molecule has 1 N–H and O–H groups in total. The first-order valence-electron chi connectivity index (χ1n) is 5.76. The van der Waals surface area contributed by atoms with Crippen LogP contribution in [0, 0.1) is 6.92 Å². The van der Waals surface area contributed by atoms with Crippen LogP contribution in [0.15, 0.2) is 26.8 Å². The van der Waals surface area contributed by atoms with E-state index in [1.807, 2.05) is 0 Å². The van der Waals surface area contributed by atoms with Crippen LogP contribution in [-0.2, 0) is 16.6 Å². The van der Waals surface area contributed by atoms with Crippen LogP contribution in [0.3, 0.4) is 0 Å². The number of carbonyl (C=O) groups is 1. The standard InChI is InChI=1S/C12H12ClNO5S2/c1-7-5-10(20-11(7)13)21(17,18)14(2)6-8-3-4-9(19-8)12(15)16/h3-5H,6H2,1-2H3,(H,15,16). The monoisotopic (exact) mass is 349 g/mol. The zero-order chi connectivity index (χ0) is 15.8. The quantitative estimate of drug-likeness (QED) is 0.896. The summed E-state index contributed by atoms with van der Waals surface area (Å²) in [6.45, 7) is 1.66. The van der Waals surface area contributed by atoms with Crippen molar-refractivity contribution in [2.45, 2.75) is 17.7 Å². The van der Waals surface area contributed by atoms with Crippen LogP contribution in [0.25, 0.3) is 0 Å². The molecule has 114 valence electrons. The summed E-state index contributed by atoms with van der Waals surface area (Å²) in [5, 5.41) is 8.76. The van der Waals surface area contributed by atoms with Gasteiger partial charge in [0, 0.05) is 7.05 Å². The lowest BCUT2D eigenvalue weighted by molar-refractivity contribution is 0.0659. The fourth-order valence-corrected chi connectivity index (χ4v) is 4.65. The molecule has 0 unspecified atom stereocenters. The molecule has 0 saturated heterocycles. The van der Waals surface area contributed by atoms with E-state index in [2.05, 4.69) is 0 Å². The second-order valence-electron chi connectivity index (χ2n) is 4.35. The number of sulfonamides is 1. The Hall–Kier alpha value is -1.35. The normalized spacial score (nSPS) is 12.0. The molecule has 0 spiro atoms. The molecule has 0 amide bonds. The number of hydrogen-bond donors (Lipinski definition) is 1. The zero-order valence-electron chi connectivity index (χ0n) is 11.2. The molecular weight excluding hydrogens is 338 g/mol. The number of thiophene rings is 1. The number of hydrogen-bond acceptors (Lipinski definition) is 5. The third-order valence-electron chi connectivity index (χ3n) is 2.75. The number of rotatable bonds is 5. The molecule has 9 heteroatoms. The van der Waals surface area contributed by atoms with Crippen LogP contribution < -0.4 is 0 Å². The van der Waals surface area contributed by atoms with Gasteiger partial charge in [0.25, 0.3) is 10.0 Å².